The molecule has 1 heterocycles. The molecular weight excluding hydrogens is 214 g/mol. The molecule has 1 unspecified atom stereocenters. The van der Waals surface area contributed by atoms with Crippen molar-refractivity contribution in [2.75, 3.05) is 26.4 Å². The Hall–Kier alpha value is -0.930. The topological polar surface area (TPSA) is 31.4 Å². The van der Waals surface area contributed by atoms with E-state index in [0.717, 1.165) is 24.4 Å². The van der Waals surface area contributed by atoms with Crippen LogP contribution in [0.3, 0.4) is 0 Å². The Balaban J connectivity index is 2.19. The van der Waals surface area contributed by atoms with E-state index in [9.17, 15) is 0 Å². The maximum absolute atomic E-state index is 5.57. The average molecular weight is 237 g/mol. The van der Waals surface area contributed by atoms with Gasteiger partial charge in [-0.2, -0.15) is 0 Å². The molecule has 0 aliphatic rings. The van der Waals surface area contributed by atoms with Crippen molar-refractivity contribution in [1.29, 1.82) is 0 Å². The number of aromatic nitrogens is 1. The van der Waals surface area contributed by atoms with E-state index in [2.05, 4.69) is 24.9 Å². The summed E-state index contributed by atoms with van der Waals surface area (Å²) in [6.45, 7) is 9.11. The van der Waals surface area contributed by atoms with Crippen molar-refractivity contribution in [2.45, 2.75) is 33.1 Å². The van der Waals surface area contributed by atoms with Crippen LogP contribution in [0.1, 0.15) is 37.6 Å². The summed E-state index contributed by atoms with van der Waals surface area (Å²) < 4.78 is 10.9. The lowest BCUT2D eigenvalue weighted by atomic mass is 10.1. The third-order valence-corrected chi connectivity index (χ3v) is 2.50. The second-order valence-corrected chi connectivity index (χ2v) is 4.29. The molecule has 0 aliphatic heterocycles. The molecule has 0 radical (unpaired) electrons. The zero-order chi connectivity index (χ0) is 12.5. The highest BCUT2D eigenvalue weighted by molar-refractivity contribution is 5.13. The molecule has 0 saturated carbocycles. The standard InChI is InChI=1S/C14H23NO2/c1-4-8-16-9-10-17-11-12(2)14-7-5-6-13(3)15-14/h5-7,12H,4,8-11H2,1-3H3. The van der Waals surface area contributed by atoms with E-state index in [1.165, 1.54) is 0 Å². The van der Waals surface area contributed by atoms with Crippen LogP contribution in [0.15, 0.2) is 18.2 Å². The molecule has 0 amide bonds. The Morgan fingerprint density at radius 2 is 1.94 bits per heavy atom. The second kappa shape index (κ2) is 8.20. The quantitative estimate of drug-likeness (QED) is 0.651. The number of rotatable bonds is 8. The van der Waals surface area contributed by atoms with Gasteiger partial charge < -0.3 is 9.47 Å². The lowest BCUT2D eigenvalue weighted by Gasteiger charge is -2.12. The number of nitrogens with zero attached hydrogens (tertiary/aromatic N) is 1. The van der Waals surface area contributed by atoms with Gasteiger partial charge in [-0.05, 0) is 25.5 Å². The van der Waals surface area contributed by atoms with Crippen LogP contribution in [0.25, 0.3) is 0 Å². The Labute approximate surface area is 104 Å². The van der Waals surface area contributed by atoms with E-state index in [4.69, 9.17) is 9.47 Å². The molecule has 1 aromatic rings. The van der Waals surface area contributed by atoms with Gasteiger partial charge >= 0.3 is 0 Å². The average Bonchev–Trinajstić information content (AvgIpc) is 2.33. The van der Waals surface area contributed by atoms with Gasteiger partial charge in [0.05, 0.1) is 19.8 Å². The van der Waals surface area contributed by atoms with Crippen molar-refractivity contribution >= 4 is 0 Å². The van der Waals surface area contributed by atoms with Gasteiger partial charge in [0.15, 0.2) is 0 Å². The van der Waals surface area contributed by atoms with Crippen LogP contribution in [0.4, 0.5) is 0 Å². The maximum atomic E-state index is 5.57. The lowest BCUT2D eigenvalue weighted by Crippen LogP contribution is -2.11. The van der Waals surface area contributed by atoms with Gasteiger partial charge in [0.1, 0.15) is 0 Å². The first-order valence-electron chi connectivity index (χ1n) is 6.33. The highest BCUT2D eigenvalue weighted by atomic mass is 16.5. The number of aryl methyl sites for hydroxylation is 1. The first-order chi connectivity index (χ1) is 8.24. The SMILES string of the molecule is CCCOCCOCC(C)c1cccc(C)n1. The van der Waals surface area contributed by atoms with E-state index >= 15 is 0 Å². The van der Waals surface area contributed by atoms with Gasteiger partial charge in [0.2, 0.25) is 0 Å². The molecule has 0 spiro atoms. The lowest BCUT2D eigenvalue weighted by molar-refractivity contribution is 0.0434. The van der Waals surface area contributed by atoms with E-state index in [1.54, 1.807) is 0 Å². The van der Waals surface area contributed by atoms with Gasteiger partial charge in [-0.3, -0.25) is 4.98 Å². The molecule has 1 atom stereocenters. The molecule has 0 saturated heterocycles. The molecule has 1 rings (SSSR count). The molecule has 0 bridgehead atoms. The second-order valence-electron chi connectivity index (χ2n) is 4.29. The first-order valence-corrected chi connectivity index (χ1v) is 6.33. The van der Waals surface area contributed by atoms with Gasteiger partial charge in [0, 0.05) is 23.9 Å². The summed E-state index contributed by atoms with van der Waals surface area (Å²) in [6.07, 6.45) is 1.06. The van der Waals surface area contributed by atoms with Gasteiger partial charge in [-0.1, -0.05) is 19.9 Å². The van der Waals surface area contributed by atoms with Crippen molar-refractivity contribution < 1.29 is 9.47 Å². The van der Waals surface area contributed by atoms with Gasteiger partial charge in [-0.15, -0.1) is 0 Å². The van der Waals surface area contributed by atoms with E-state index in [0.29, 0.717) is 25.7 Å². The van der Waals surface area contributed by atoms with Crippen molar-refractivity contribution in [2.24, 2.45) is 0 Å². The van der Waals surface area contributed by atoms with Crippen molar-refractivity contribution in [1.82, 2.24) is 4.98 Å². The Kier molecular flexibility index (Phi) is 6.82. The van der Waals surface area contributed by atoms with E-state index < -0.39 is 0 Å². The first kappa shape index (κ1) is 14.1. The number of pyridine rings is 1. The molecule has 0 aromatic carbocycles. The third kappa shape index (κ3) is 5.80. The van der Waals surface area contributed by atoms with Gasteiger partial charge in [0.25, 0.3) is 0 Å². The minimum Gasteiger partial charge on any atom is -0.379 e. The number of hydrogen-bond acceptors (Lipinski definition) is 3. The fourth-order valence-electron chi connectivity index (χ4n) is 1.55. The van der Waals surface area contributed by atoms with Crippen molar-refractivity contribution in [3.8, 4) is 0 Å². The summed E-state index contributed by atoms with van der Waals surface area (Å²) in [5.74, 6) is 0.334. The van der Waals surface area contributed by atoms with Crippen LogP contribution in [0, 0.1) is 6.92 Å². The molecular formula is C14H23NO2. The minimum atomic E-state index is 0.334. The number of ether oxygens (including phenoxy) is 2. The molecule has 17 heavy (non-hydrogen) atoms. The normalized spacial score (nSPS) is 12.6. The van der Waals surface area contributed by atoms with Crippen LogP contribution in [0.2, 0.25) is 0 Å². The van der Waals surface area contributed by atoms with Gasteiger partial charge in [-0.25, -0.2) is 0 Å². The zero-order valence-corrected chi connectivity index (χ0v) is 11.1. The van der Waals surface area contributed by atoms with E-state index in [1.807, 2.05) is 19.1 Å². The predicted octanol–water partition coefficient (Wildman–Crippen LogP) is 2.94. The molecule has 0 fully saturated rings. The summed E-state index contributed by atoms with van der Waals surface area (Å²) in [7, 11) is 0. The summed E-state index contributed by atoms with van der Waals surface area (Å²) in [5, 5.41) is 0. The Bertz CT molecular complexity index is 315. The maximum Gasteiger partial charge on any atom is 0.0700 e. The van der Waals surface area contributed by atoms with Crippen LogP contribution < -0.4 is 0 Å². The predicted molar refractivity (Wildman–Crippen MR) is 69.3 cm³/mol. The van der Waals surface area contributed by atoms with Crippen LogP contribution >= 0.6 is 0 Å². The van der Waals surface area contributed by atoms with Crippen molar-refractivity contribution in [3.63, 3.8) is 0 Å². The molecule has 0 aliphatic carbocycles. The van der Waals surface area contributed by atoms with Crippen LogP contribution in [0.5, 0.6) is 0 Å². The monoisotopic (exact) mass is 237 g/mol. The number of hydrogen-bond donors (Lipinski definition) is 0. The molecule has 3 heteroatoms. The Morgan fingerprint density at radius 3 is 2.65 bits per heavy atom. The largest absolute Gasteiger partial charge is 0.379 e. The smallest absolute Gasteiger partial charge is 0.0700 e. The van der Waals surface area contributed by atoms with E-state index in [-0.39, 0.29) is 0 Å². The molecule has 96 valence electrons. The minimum absolute atomic E-state index is 0.334. The highest BCUT2D eigenvalue weighted by Gasteiger charge is 2.06. The summed E-state index contributed by atoms with van der Waals surface area (Å²) in [4.78, 5) is 4.49. The summed E-state index contributed by atoms with van der Waals surface area (Å²) in [6, 6.07) is 6.10. The van der Waals surface area contributed by atoms with Crippen LogP contribution in [-0.4, -0.2) is 31.4 Å². The Morgan fingerprint density at radius 1 is 1.18 bits per heavy atom. The summed E-state index contributed by atoms with van der Waals surface area (Å²) >= 11 is 0. The fourth-order valence-corrected chi connectivity index (χ4v) is 1.55. The van der Waals surface area contributed by atoms with Crippen molar-refractivity contribution in [3.05, 3.63) is 29.6 Å². The zero-order valence-electron chi connectivity index (χ0n) is 11.1. The summed E-state index contributed by atoms with van der Waals surface area (Å²) in [5.41, 5.74) is 2.15. The molecule has 1 aromatic heterocycles. The molecule has 0 N–H and O–H groups in total. The third-order valence-electron chi connectivity index (χ3n) is 2.50. The highest BCUT2D eigenvalue weighted by Crippen LogP contribution is 2.12. The fraction of sp³-hybridized carbons (Fsp3) is 0.643. The van der Waals surface area contributed by atoms with Crippen LogP contribution in [-0.2, 0) is 9.47 Å². The molecule has 3 nitrogen and oxygen atoms in total.